The molecular weight excluding hydrogens is 176 g/mol. The second-order valence-corrected chi connectivity index (χ2v) is 3.31. The zero-order valence-corrected chi connectivity index (χ0v) is 8.89. The highest BCUT2D eigenvalue weighted by Gasteiger charge is 2.11. The summed E-state index contributed by atoms with van der Waals surface area (Å²) in [4.78, 5) is 11.4. The van der Waals surface area contributed by atoms with Crippen LogP contribution >= 0.6 is 0 Å². The van der Waals surface area contributed by atoms with Gasteiger partial charge in [-0.25, -0.2) is 0 Å². The zero-order chi connectivity index (χ0) is 10.4. The Hall–Kier alpha value is -1.09. The van der Waals surface area contributed by atoms with E-state index >= 15 is 0 Å². The van der Waals surface area contributed by atoms with Gasteiger partial charge in [-0.2, -0.15) is 0 Å². The average molecular weight is 194 g/mol. The summed E-state index contributed by atoms with van der Waals surface area (Å²) in [6.45, 7) is 6.54. The number of likely N-dealkylation sites (N-methyl/N-ethyl adjacent to an activating group) is 2. The number of hydrogen-bond donors (Lipinski definition) is 2. The van der Waals surface area contributed by atoms with Gasteiger partial charge >= 0.3 is 0 Å². The smallest absolute Gasteiger partial charge is 0.250 e. The van der Waals surface area contributed by atoms with Gasteiger partial charge in [-0.15, -0.1) is 0 Å². The molecule has 0 atom stereocenters. The first-order valence-electron chi connectivity index (χ1n) is 5.16. The molecular formula is C11H18N2O. The molecule has 0 saturated heterocycles. The fourth-order valence-electron chi connectivity index (χ4n) is 1.41. The first-order chi connectivity index (χ1) is 6.77. The predicted molar refractivity (Wildman–Crippen MR) is 58.0 cm³/mol. The molecule has 1 aliphatic rings. The first kappa shape index (κ1) is 11.0. The maximum atomic E-state index is 11.4. The molecule has 0 fully saturated rings. The lowest BCUT2D eigenvalue weighted by molar-refractivity contribution is -0.117. The molecule has 0 aromatic heterocycles. The van der Waals surface area contributed by atoms with Gasteiger partial charge in [-0.05, 0) is 26.0 Å². The topological polar surface area (TPSA) is 41.1 Å². The minimum Gasteiger partial charge on any atom is -0.352 e. The molecule has 3 heteroatoms. The Morgan fingerprint density at radius 3 is 2.86 bits per heavy atom. The Balaban J connectivity index is 2.42. The van der Waals surface area contributed by atoms with Crippen LogP contribution in [0, 0.1) is 0 Å². The van der Waals surface area contributed by atoms with Gasteiger partial charge in [0.2, 0.25) is 0 Å². The maximum Gasteiger partial charge on any atom is 0.250 e. The van der Waals surface area contributed by atoms with E-state index in [4.69, 9.17) is 0 Å². The van der Waals surface area contributed by atoms with Crippen molar-refractivity contribution in [1.82, 2.24) is 10.6 Å². The molecule has 0 heterocycles. The van der Waals surface area contributed by atoms with Crippen molar-refractivity contribution >= 4 is 5.91 Å². The summed E-state index contributed by atoms with van der Waals surface area (Å²) in [5, 5.41) is 6.04. The van der Waals surface area contributed by atoms with Crippen LogP contribution in [-0.4, -0.2) is 25.5 Å². The number of amides is 1. The summed E-state index contributed by atoms with van der Waals surface area (Å²) in [5.74, 6) is 0.0407. The first-order valence-corrected chi connectivity index (χ1v) is 5.16. The maximum absolute atomic E-state index is 11.4. The van der Waals surface area contributed by atoms with E-state index in [0.717, 1.165) is 25.1 Å². The van der Waals surface area contributed by atoms with Crippen LogP contribution in [-0.2, 0) is 4.79 Å². The molecule has 1 rings (SSSR count). The Kier molecular flexibility index (Phi) is 4.40. The van der Waals surface area contributed by atoms with E-state index in [1.54, 1.807) is 0 Å². The van der Waals surface area contributed by atoms with Crippen molar-refractivity contribution in [1.29, 1.82) is 0 Å². The monoisotopic (exact) mass is 194 g/mol. The molecule has 0 aromatic carbocycles. The molecule has 0 spiro atoms. The van der Waals surface area contributed by atoms with Gasteiger partial charge in [0.25, 0.3) is 5.91 Å². The molecule has 14 heavy (non-hydrogen) atoms. The fraction of sp³-hybridized carbons (Fsp3) is 0.545. The van der Waals surface area contributed by atoms with Crippen molar-refractivity contribution < 1.29 is 4.79 Å². The number of nitrogens with one attached hydrogen (secondary N) is 2. The second kappa shape index (κ2) is 5.60. The van der Waals surface area contributed by atoms with Crippen LogP contribution in [0.15, 0.2) is 23.3 Å². The van der Waals surface area contributed by atoms with Gasteiger partial charge in [0, 0.05) is 18.7 Å². The van der Waals surface area contributed by atoms with E-state index in [1.807, 2.05) is 19.1 Å². The van der Waals surface area contributed by atoms with E-state index in [1.165, 1.54) is 5.57 Å². The third-order valence-electron chi connectivity index (χ3n) is 2.15. The largest absolute Gasteiger partial charge is 0.352 e. The molecule has 3 nitrogen and oxygen atoms in total. The summed E-state index contributed by atoms with van der Waals surface area (Å²) in [6, 6.07) is 0. The quantitative estimate of drug-likeness (QED) is 0.685. The summed E-state index contributed by atoms with van der Waals surface area (Å²) in [7, 11) is 0. The van der Waals surface area contributed by atoms with E-state index in [2.05, 4.69) is 17.6 Å². The van der Waals surface area contributed by atoms with Crippen molar-refractivity contribution in [3.05, 3.63) is 23.3 Å². The number of allylic oxidation sites excluding steroid dienone is 1. The number of hydrogen-bond acceptors (Lipinski definition) is 2. The van der Waals surface area contributed by atoms with Gasteiger partial charge in [-0.1, -0.05) is 18.6 Å². The lowest BCUT2D eigenvalue weighted by atomic mass is 10.2. The van der Waals surface area contributed by atoms with E-state index in [0.29, 0.717) is 6.54 Å². The molecule has 0 saturated carbocycles. The summed E-state index contributed by atoms with van der Waals surface area (Å²) >= 11 is 0. The number of carbonyl (C=O) groups is 1. The third kappa shape index (κ3) is 3.00. The highest BCUT2D eigenvalue weighted by molar-refractivity contribution is 5.97. The molecule has 0 aliphatic heterocycles. The van der Waals surface area contributed by atoms with Crippen LogP contribution < -0.4 is 10.6 Å². The third-order valence-corrected chi connectivity index (χ3v) is 2.15. The molecule has 78 valence electrons. The van der Waals surface area contributed by atoms with Crippen LogP contribution in [0.5, 0.6) is 0 Å². The van der Waals surface area contributed by atoms with E-state index in [9.17, 15) is 4.79 Å². The molecule has 1 amide bonds. The summed E-state index contributed by atoms with van der Waals surface area (Å²) < 4.78 is 0. The van der Waals surface area contributed by atoms with Crippen molar-refractivity contribution in [2.45, 2.75) is 20.3 Å². The molecule has 2 N–H and O–H groups in total. The number of carbonyl (C=O) groups excluding carboxylic acids is 1. The fourth-order valence-corrected chi connectivity index (χ4v) is 1.41. The minimum absolute atomic E-state index is 0.0407. The van der Waals surface area contributed by atoms with E-state index in [-0.39, 0.29) is 5.91 Å². The van der Waals surface area contributed by atoms with E-state index < -0.39 is 0 Å². The minimum atomic E-state index is 0.0407. The molecule has 1 aliphatic carbocycles. The number of rotatable bonds is 5. The Morgan fingerprint density at radius 2 is 2.21 bits per heavy atom. The van der Waals surface area contributed by atoms with Gasteiger partial charge in [-0.3, -0.25) is 4.79 Å². The Bertz CT molecular complexity index is 266. The van der Waals surface area contributed by atoms with Crippen LogP contribution in [0.4, 0.5) is 0 Å². The van der Waals surface area contributed by atoms with Crippen molar-refractivity contribution in [2.24, 2.45) is 0 Å². The van der Waals surface area contributed by atoms with Gasteiger partial charge in [0.05, 0.1) is 0 Å². The SMILES string of the molecule is CCNCC1=CC(C(=O)NCC)=CC1. The summed E-state index contributed by atoms with van der Waals surface area (Å²) in [6.07, 6.45) is 4.87. The second-order valence-electron chi connectivity index (χ2n) is 3.31. The Morgan fingerprint density at radius 1 is 1.43 bits per heavy atom. The van der Waals surface area contributed by atoms with Crippen molar-refractivity contribution in [3.8, 4) is 0 Å². The highest BCUT2D eigenvalue weighted by atomic mass is 16.1. The summed E-state index contributed by atoms with van der Waals surface area (Å²) in [5.41, 5.74) is 2.09. The lowest BCUT2D eigenvalue weighted by Crippen LogP contribution is -2.23. The molecule has 0 bridgehead atoms. The predicted octanol–water partition coefficient (Wildman–Crippen LogP) is 0.988. The van der Waals surface area contributed by atoms with Gasteiger partial charge in [0.1, 0.15) is 0 Å². The zero-order valence-electron chi connectivity index (χ0n) is 8.89. The Labute approximate surface area is 85.3 Å². The normalized spacial score (nSPS) is 15.0. The highest BCUT2D eigenvalue weighted by Crippen LogP contribution is 2.16. The van der Waals surface area contributed by atoms with Crippen molar-refractivity contribution in [3.63, 3.8) is 0 Å². The van der Waals surface area contributed by atoms with Crippen LogP contribution in [0.25, 0.3) is 0 Å². The van der Waals surface area contributed by atoms with Gasteiger partial charge in [0.15, 0.2) is 0 Å². The van der Waals surface area contributed by atoms with Crippen molar-refractivity contribution in [2.75, 3.05) is 19.6 Å². The van der Waals surface area contributed by atoms with Crippen LogP contribution in [0.2, 0.25) is 0 Å². The molecule has 0 radical (unpaired) electrons. The molecule has 0 unspecified atom stereocenters. The lowest BCUT2D eigenvalue weighted by Gasteiger charge is -2.01. The van der Waals surface area contributed by atoms with Crippen LogP contribution in [0.1, 0.15) is 20.3 Å². The van der Waals surface area contributed by atoms with Gasteiger partial charge < -0.3 is 10.6 Å². The standard InChI is InChI=1S/C11H18N2O/c1-3-12-8-9-5-6-10(7-9)11(14)13-4-2/h6-7,12H,3-5,8H2,1-2H3,(H,13,14). The van der Waals surface area contributed by atoms with Crippen LogP contribution in [0.3, 0.4) is 0 Å². The average Bonchev–Trinajstić information content (AvgIpc) is 2.63. The molecule has 0 aromatic rings.